The van der Waals surface area contributed by atoms with Crippen molar-refractivity contribution in [2.24, 2.45) is 0 Å². The van der Waals surface area contributed by atoms with Crippen LogP contribution in [0.2, 0.25) is 0 Å². The van der Waals surface area contributed by atoms with Crippen molar-refractivity contribution in [3.63, 3.8) is 0 Å². The maximum absolute atomic E-state index is 12.9. The van der Waals surface area contributed by atoms with Crippen LogP contribution in [0.3, 0.4) is 0 Å². The fourth-order valence-corrected chi connectivity index (χ4v) is 4.85. The van der Waals surface area contributed by atoms with E-state index >= 15 is 0 Å². The molecular weight excluding hydrogens is 411 g/mol. The van der Waals surface area contributed by atoms with Crippen LogP contribution in [0, 0.1) is 5.82 Å². The summed E-state index contributed by atoms with van der Waals surface area (Å²) in [5.74, 6) is -0.746. The van der Waals surface area contributed by atoms with E-state index in [1.165, 1.54) is 28.6 Å². The first-order chi connectivity index (χ1) is 14.3. The van der Waals surface area contributed by atoms with E-state index in [2.05, 4.69) is 9.97 Å². The van der Waals surface area contributed by atoms with Crippen LogP contribution in [0.25, 0.3) is 0 Å². The third kappa shape index (κ3) is 4.93. The van der Waals surface area contributed by atoms with Gasteiger partial charge in [-0.1, -0.05) is 13.8 Å². The molecular formula is C20H25FN4O4S. The van der Waals surface area contributed by atoms with Crippen LogP contribution in [0.4, 0.5) is 4.39 Å². The van der Waals surface area contributed by atoms with Crippen molar-refractivity contribution < 1.29 is 22.3 Å². The molecule has 1 amide bonds. The van der Waals surface area contributed by atoms with Gasteiger partial charge in [0.05, 0.1) is 23.8 Å². The molecule has 0 aliphatic carbocycles. The number of aromatic nitrogens is 2. The molecule has 1 aromatic carbocycles. The van der Waals surface area contributed by atoms with E-state index in [9.17, 15) is 17.6 Å². The van der Waals surface area contributed by atoms with Gasteiger partial charge in [-0.3, -0.25) is 4.79 Å². The molecule has 2 aromatic rings. The first-order valence-corrected chi connectivity index (χ1v) is 11.3. The molecule has 0 N–H and O–H groups in total. The second-order valence-corrected chi connectivity index (χ2v) is 8.87. The van der Waals surface area contributed by atoms with Crippen LogP contribution in [0.5, 0.6) is 6.01 Å². The van der Waals surface area contributed by atoms with Crippen molar-refractivity contribution in [1.29, 1.82) is 0 Å². The molecule has 8 nitrogen and oxygen atoms in total. The molecule has 1 saturated heterocycles. The lowest BCUT2D eigenvalue weighted by Crippen LogP contribution is -2.44. The van der Waals surface area contributed by atoms with E-state index < -0.39 is 15.8 Å². The van der Waals surface area contributed by atoms with Gasteiger partial charge in [0.2, 0.25) is 10.0 Å². The highest BCUT2D eigenvalue weighted by Crippen LogP contribution is 2.20. The van der Waals surface area contributed by atoms with Crippen molar-refractivity contribution in [3.05, 3.63) is 48.0 Å². The summed E-state index contributed by atoms with van der Waals surface area (Å²) >= 11 is 0. The van der Waals surface area contributed by atoms with E-state index in [1.54, 1.807) is 18.7 Å². The van der Waals surface area contributed by atoms with Crippen molar-refractivity contribution in [2.75, 3.05) is 26.2 Å². The summed E-state index contributed by atoms with van der Waals surface area (Å²) in [5, 5.41) is 0. The third-order valence-corrected chi connectivity index (χ3v) is 7.04. The SMILES string of the molecule is CCN(CC)S(=O)(=O)c1ccc(C(=O)N2CCCC(Oc3ncc(F)cn3)C2)cc1. The Morgan fingerprint density at radius 2 is 1.83 bits per heavy atom. The number of likely N-dealkylation sites (tertiary alicyclic amines) is 1. The number of carbonyl (C=O) groups is 1. The van der Waals surface area contributed by atoms with Gasteiger partial charge in [0, 0.05) is 25.2 Å². The lowest BCUT2D eigenvalue weighted by molar-refractivity contribution is 0.0515. The minimum Gasteiger partial charge on any atom is -0.458 e. The Morgan fingerprint density at radius 3 is 2.43 bits per heavy atom. The normalized spacial score (nSPS) is 17.2. The lowest BCUT2D eigenvalue weighted by Gasteiger charge is -2.32. The zero-order valence-corrected chi connectivity index (χ0v) is 17.8. The number of halogens is 1. The van der Waals surface area contributed by atoms with E-state index in [-0.39, 0.29) is 22.9 Å². The molecule has 0 bridgehead atoms. The summed E-state index contributed by atoms with van der Waals surface area (Å²) in [4.78, 5) is 22.3. The number of hydrogen-bond acceptors (Lipinski definition) is 6. The lowest BCUT2D eigenvalue weighted by atomic mass is 10.1. The van der Waals surface area contributed by atoms with Gasteiger partial charge >= 0.3 is 6.01 Å². The summed E-state index contributed by atoms with van der Waals surface area (Å²) in [6.45, 7) is 5.25. The van der Waals surface area contributed by atoms with Gasteiger partial charge < -0.3 is 9.64 Å². The highest BCUT2D eigenvalue weighted by Gasteiger charge is 2.27. The van der Waals surface area contributed by atoms with E-state index in [4.69, 9.17) is 4.74 Å². The Kier molecular flexibility index (Phi) is 6.99. The number of piperidine rings is 1. The van der Waals surface area contributed by atoms with Crippen molar-refractivity contribution in [1.82, 2.24) is 19.2 Å². The molecule has 3 rings (SSSR count). The van der Waals surface area contributed by atoms with Crippen LogP contribution >= 0.6 is 0 Å². The van der Waals surface area contributed by atoms with E-state index in [0.717, 1.165) is 25.2 Å². The average Bonchev–Trinajstić information content (AvgIpc) is 2.76. The molecule has 0 saturated carbocycles. The number of carbonyl (C=O) groups excluding carboxylic acids is 1. The summed E-state index contributed by atoms with van der Waals surface area (Å²) in [5.41, 5.74) is 0.409. The Bertz CT molecular complexity index is 963. The van der Waals surface area contributed by atoms with Gasteiger partial charge in [0.25, 0.3) is 5.91 Å². The van der Waals surface area contributed by atoms with E-state index in [0.29, 0.717) is 31.7 Å². The Hall–Kier alpha value is -2.59. The largest absolute Gasteiger partial charge is 0.458 e. The number of amides is 1. The zero-order valence-electron chi connectivity index (χ0n) is 17.0. The predicted molar refractivity (Wildman–Crippen MR) is 108 cm³/mol. The molecule has 30 heavy (non-hydrogen) atoms. The molecule has 162 valence electrons. The van der Waals surface area contributed by atoms with Crippen LogP contribution in [0.1, 0.15) is 37.0 Å². The average molecular weight is 437 g/mol. The molecule has 1 aliphatic heterocycles. The summed E-state index contributed by atoms with van der Waals surface area (Å²) in [6, 6.07) is 6.07. The van der Waals surface area contributed by atoms with Gasteiger partial charge in [0.1, 0.15) is 6.10 Å². The summed E-state index contributed by atoms with van der Waals surface area (Å²) in [6.07, 6.45) is 3.23. The molecule has 1 aromatic heterocycles. The second-order valence-electron chi connectivity index (χ2n) is 6.93. The molecule has 1 fully saturated rings. The highest BCUT2D eigenvalue weighted by molar-refractivity contribution is 7.89. The highest BCUT2D eigenvalue weighted by atomic mass is 32.2. The zero-order chi connectivity index (χ0) is 21.7. The first kappa shape index (κ1) is 22.1. The summed E-state index contributed by atoms with van der Waals surface area (Å²) in [7, 11) is -3.57. The number of nitrogens with zero attached hydrogens (tertiary/aromatic N) is 4. The number of benzene rings is 1. The third-order valence-electron chi connectivity index (χ3n) is 4.98. The van der Waals surface area contributed by atoms with Crippen molar-refractivity contribution in [3.8, 4) is 6.01 Å². The Labute approximate surface area is 175 Å². The molecule has 1 aliphatic rings. The standard InChI is InChI=1S/C20H25FN4O4S/c1-3-25(4-2)30(27,28)18-9-7-15(8-10-18)19(26)24-11-5-6-17(14-24)29-20-22-12-16(21)13-23-20/h7-10,12-13,17H,3-6,11,14H2,1-2H3. The number of ether oxygens (including phenoxy) is 1. The fourth-order valence-electron chi connectivity index (χ4n) is 3.39. The van der Waals surface area contributed by atoms with Gasteiger partial charge in [-0.05, 0) is 37.1 Å². The quantitative estimate of drug-likeness (QED) is 0.661. The Balaban J connectivity index is 1.67. The molecule has 0 spiro atoms. The van der Waals surface area contributed by atoms with Crippen LogP contribution in [-0.4, -0.2) is 65.8 Å². The molecule has 1 atom stereocenters. The number of rotatable bonds is 7. The minimum absolute atomic E-state index is 0.0710. The van der Waals surface area contributed by atoms with Gasteiger partial charge in [-0.2, -0.15) is 4.31 Å². The van der Waals surface area contributed by atoms with Crippen molar-refractivity contribution in [2.45, 2.75) is 37.7 Å². The second kappa shape index (κ2) is 9.48. The molecule has 10 heteroatoms. The van der Waals surface area contributed by atoms with Crippen LogP contribution in [-0.2, 0) is 10.0 Å². The predicted octanol–water partition coefficient (Wildman–Crippen LogP) is 2.33. The van der Waals surface area contributed by atoms with Gasteiger partial charge in [0.15, 0.2) is 5.82 Å². The maximum Gasteiger partial charge on any atom is 0.316 e. The fraction of sp³-hybridized carbons (Fsp3) is 0.450. The smallest absolute Gasteiger partial charge is 0.316 e. The monoisotopic (exact) mass is 436 g/mol. The first-order valence-electron chi connectivity index (χ1n) is 9.88. The van der Waals surface area contributed by atoms with Crippen molar-refractivity contribution >= 4 is 15.9 Å². The van der Waals surface area contributed by atoms with Gasteiger partial charge in [-0.25, -0.2) is 22.8 Å². The Morgan fingerprint density at radius 1 is 1.20 bits per heavy atom. The molecule has 2 heterocycles. The van der Waals surface area contributed by atoms with Gasteiger partial charge in [-0.15, -0.1) is 0 Å². The number of sulfonamides is 1. The minimum atomic E-state index is -3.57. The summed E-state index contributed by atoms with van der Waals surface area (Å²) < 4.78 is 45.2. The van der Waals surface area contributed by atoms with Crippen LogP contribution in [0.15, 0.2) is 41.6 Å². The molecule has 0 radical (unpaired) electrons. The van der Waals surface area contributed by atoms with Crippen LogP contribution < -0.4 is 4.74 Å². The van der Waals surface area contributed by atoms with E-state index in [1.807, 2.05) is 0 Å². The number of hydrogen-bond donors (Lipinski definition) is 0. The maximum atomic E-state index is 12.9. The molecule has 1 unspecified atom stereocenters. The topological polar surface area (TPSA) is 92.7 Å².